The average Bonchev–Trinajstić information content (AvgIpc) is 2.83. The van der Waals surface area contributed by atoms with Gasteiger partial charge in [0.15, 0.2) is 0 Å². The highest BCUT2D eigenvalue weighted by molar-refractivity contribution is 5.29. The lowest BCUT2D eigenvalue weighted by molar-refractivity contribution is 0.304. The van der Waals surface area contributed by atoms with Crippen LogP contribution in [0.5, 0.6) is 0 Å². The van der Waals surface area contributed by atoms with Crippen LogP contribution in [0.3, 0.4) is 0 Å². The fourth-order valence-electron chi connectivity index (χ4n) is 3.13. The summed E-state index contributed by atoms with van der Waals surface area (Å²) < 4.78 is 0. The number of hydrogen-bond donors (Lipinski definition) is 0. The molecule has 2 aromatic rings. The lowest BCUT2D eigenvalue weighted by Gasteiger charge is -2.25. The van der Waals surface area contributed by atoms with Gasteiger partial charge in [-0.05, 0) is 31.1 Å². The number of nitrogens with zero attached hydrogens (tertiary/aromatic N) is 1. The van der Waals surface area contributed by atoms with Gasteiger partial charge in [0.25, 0.3) is 0 Å². The third-order valence-corrected chi connectivity index (χ3v) is 4.02. The third-order valence-electron chi connectivity index (χ3n) is 4.02. The van der Waals surface area contributed by atoms with E-state index in [0.29, 0.717) is 12.0 Å². The summed E-state index contributed by atoms with van der Waals surface area (Å²) in [6, 6.07) is 22.3. The molecule has 92 valence electrons. The Kier molecular flexibility index (Phi) is 3.16. The normalized spacial score (nSPS) is 24.3. The molecule has 1 fully saturated rings. The summed E-state index contributed by atoms with van der Waals surface area (Å²) in [6.45, 7) is 1.18. The number of likely N-dealkylation sites (tertiary alicyclic amines) is 1. The van der Waals surface area contributed by atoms with Crippen LogP contribution in [0.2, 0.25) is 0 Å². The molecule has 0 aliphatic carbocycles. The summed E-state index contributed by atoms with van der Waals surface area (Å²) in [5.41, 5.74) is 2.90. The lowest BCUT2D eigenvalue weighted by Crippen LogP contribution is -2.20. The molecule has 0 bridgehead atoms. The summed E-state index contributed by atoms with van der Waals surface area (Å²) in [5.74, 6) is 0.624. The second-order valence-corrected chi connectivity index (χ2v) is 5.14. The number of hydrogen-bond acceptors (Lipinski definition) is 1. The Morgan fingerprint density at radius 1 is 0.833 bits per heavy atom. The molecular weight excluding hydrogens is 218 g/mol. The van der Waals surface area contributed by atoms with Crippen LogP contribution in [0, 0.1) is 0 Å². The maximum atomic E-state index is 2.48. The Morgan fingerprint density at radius 3 is 2.00 bits per heavy atom. The first-order chi connectivity index (χ1) is 8.86. The SMILES string of the molecule is CN1CCC(c2ccccc2)C1c1ccccc1. The van der Waals surface area contributed by atoms with Gasteiger partial charge in [0.1, 0.15) is 0 Å². The minimum absolute atomic E-state index is 0.522. The van der Waals surface area contributed by atoms with Crippen LogP contribution in [0.25, 0.3) is 0 Å². The molecule has 18 heavy (non-hydrogen) atoms. The largest absolute Gasteiger partial charge is 0.299 e. The molecule has 1 saturated heterocycles. The first-order valence-electron chi connectivity index (χ1n) is 6.66. The monoisotopic (exact) mass is 237 g/mol. The Bertz CT molecular complexity index is 492. The molecule has 2 atom stereocenters. The van der Waals surface area contributed by atoms with Crippen LogP contribution < -0.4 is 0 Å². The van der Waals surface area contributed by atoms with Gasteiger partial charge < -0.3 is 0 Å². The van der Waals surface area contributed by atoms with Crippen LogP contribution in [0.1, 0.15) is 29.5 Å². The summed E-state index contributed by atoms with van der Waals surface area (Å²) in [6.07, 6.45) is 1.25. The molecule has 0 radical (unpaired) electrons. The molecule has 1 heterocycles. The predicted molar refractivity (Wildman–Crippen MR) is 75.6 cm³/mol. The summed E-state index contributed by atoms with van der Waals surface area (Å²) in [4.78, 5) is 2.48. The van der Waals surface area contributed by atoms with E-state index in [4.69, 9.17) is 0 Å². The molecule has 1 aliphatic heterocycles. The van der Waals surface area contributed by atoms with Crippen molar-refractivity contribution in [1.29, 1.82) is 0 Å². The first kappa shape index (κ1) is 11.5. The first-order valence-corrected chi connectivity index (χ1v) is 6.66. The second kappa shape index (κ2) is 4.95. The van der Waals surface area contributed by atoms with Gasteiger partial charge in [-0.3, -0.25) is 4.90 Å². The van der Waals surface area contributed by atoms with Crippen molar-refractivity contribution in [2.75, 3.05) is 13.6 Å². The number of likely N-dealkylation sites (N-methyl/N-ethyl adjacent to an activating group) is 1. The quantitative estimate of drug-likeness (QED) is 0.767. The molecule has 0 N–H and O–H groups in total. The fraction of sp³-hybridized carbons (Fsp3) is 0.294. The molecular formula is C17H19N. The molecule has 0 saturated carbocycles. The van der Waals surface area contributed by atoms with Crippen LogP contribution >= 0.6 is 0 Å². The van der Waals surface area contributed by atoms with Gasteiger partial charge in [0.2, 0.25) is 0 Å². The number of rotatable bonds is 2. The van der Waals surface area contributed by atoms with Crippen LogP contribution in [0.4, 0.5) is 0 Å². The highest BCUT2D eigenvalue weighted by Gasteiger charge is 2.33. The third kappa shape index (κ3) is 2.06. The highest BCUT2D eigenvalue weighted by atomic mass is 15.2. The Morgan fingerprint density at radius 2 is 1.39 bits per heavy atom. The zero-order valence-corrected chi connectivity index (χ0v) is 10.8. The average molecular weight is 237 g/mol. The summed E-state index contributed by atoms with van der Waals surface area (Å²) >= 11 is 0. The zero-order chi connectivity index (χ0) is 12.4. The van der Waals surface area contributed by atoms with E-state index in [1.807, 2.05) is 0 Å². The van der Waals surface area contributed by atoms with Crippen LogP contribution in [-0.2, 0) is 0 Å². The molecule has 1 nitrogen and oxygen atoms in total. The van der Waals surface area contributed by atoms with Crippen molar-refractivity contribution in [3.05, 3.63) is 71.8 Å². The van der Waals surface area contributed by atoms with Crippen molar-refractivity contribution in [1.82, 2.24) is 4.90 Å². The van der Waals surface area contributed by atoms with Gasteiger partial charge >= 0.3 is 0 Å². The molecule has 3 rings (SSSR count). The minimum Gasteiger partial charge on any atom is -0.299 e. The molecule has 0 spiro atoms. The molecule has 0 amide bonds. The van der Waals surface area contributed by atoms with Crippen LogP contribution in [0.15, 0.2) is 60.7 Å². The van der Waals surface area contributed by atoms with Crippen molar-refractivity contribution in [2.24, 2.45) is 0 Å². The standard InChI is InChI=1S/C17H19N/c1-18-13-12-16(14-8-4-2-5-9-14)17(18)15-10-6-3-7-11-15/h2-11,16-17H,12-13H2,1H3. The maximum Gasteiger partial charge on any atom is 0.0414 e. The van der Waals surface area contributed by atoms with E-state index in [2.05, 4.69) is 72.6 Å². The van der Waals surface area contributed by atoms with E-state index in [9.17, 15) is 0 Å². The Hall–Kier alpha value is -1.60. The van der Waals surface area contributed by atoms with Gasteiger partial charge in [-0.15, -0.1) is 0 Å². The van der Waals surface area contributed by atoms with Crippen molar-refractivity contribution < 1.29 is 0 Å². The minimum atomic E-state index is 0.522. The van der Waals surface area contributed by atoms with E-state index >= 15 is 0 Å². The fourth-order valence-corrected chi connectivity index (χ4v) is 3.13. The van der Waals surface area contributed by atoms with E-state index in [1.165, 1.54) is 24.1 Å². The van der Waals surface area contributed by atoms with Crippen molar-refractivity contribution in [2.45, 2.75) is 18.4 Å². The van der Waals surface area contributed by atoms with E-state index in [1.54, 1.807) is 0 Å². The van der Waals surface area contributed by atoms with Gasteiger partial charge in [0, 0.05) is 12.0 Å². The number of benzene rings is 2. The van der Waals surface area contributed by atoms with E-state index < -0.39 is 0 Å². The zero-order valence-electron chi connectivity index (χ0n) is 10.8. The highest BCUT2D eigenvalue weighted by Crippen LogP contribution is 2.42. The van der Waals surface area contributed by atoms with Crippen molar-refractivity contribution in [3.63, 3.8) is 0 Å². The molecule has 2 aromatic carbocycles. The Balaban J connectivity index is 1.96. The molecule has 1 heteroatoms. The smallest absolute Gasteiger partial charge is 0.0414 e. The summed E-state index contributed by atoms with van der Waals surface area (Å²) in [7, 11) is 2.24. The van der Waals surface area contributed by atoms with Gasteiger partial charge in [-0.2, -0.15) is 0 Å². The topological polar surface area (TPSA) is 3.24 Å². The van der Waals surface area contributed by atoms with E-state index in [0.717, 1.165) is 0 Å². The predicted octanol–water partition coefficient (Wildman–Crippen LogP) is 3.85. The Labute approximate surface area is 109 Å². The van der Waals surface area contributed by atoms with E-state index in [-0.39, 0.29) is 0 Å². The second-order valence-electron chi connectivity index (χ2n) is 5.14. The van der Waals surface area contributed by atoms with Crippen molar-refractivity contribution in [3.8, 4) is 0 Å². The van der Waals surface area contributed by atoms with Gasteiger partial charge in [-0.1, -0.05) is 60.7 Å². The molecule has 0 aromatic heterocycles. The molecule has 1 aliphatic rings. The van der Waals surface area contributed by atoms with Crippen molar-refractivity contribution >= 4 is 0 Å². The van der Waals surface area contributed by atoms with Crippen LogP contribution in [-0.4, -0.2) is 18.5 Å². The lowest BCUT2D eigenvalue weighted by atomic mass is 9.88. The van der Waals surface area contributed by atoms with Gasteiger partial charge in [0.05, 0.1) is 0 Å². The van der Waals surface area contributed by atoms with Gasteiger partial charge in [-0.25, -0.2) is 0 Å². The summed E-state index contributed by atoms with van der Waals surface area (Å²) in [5, 5.41) is 0. The molecule has 2 unspecified atom stereocenters. The maximum absolute atomic E-state index is 2.48.